The molecule has 1 aromatic carbocycles. The van der Waals surface area contributed by atoms with Crippen molar-refractivity contribution in [3.05, 3.63) is 24.3 Å². The van der Waals surface area contributed by atoms with Crippen LogP contribution in [-0.2, 0) is 0 Å². The largest absolute Gasteiger partial charge is 0.504 e. The summed E-state index contributed by atoms with van der Waals surface area (Å²) in [6.07, 6.45) is 0. The number of para-hydroxylation sites is 2. The summed E-state index contributed by atoms with van der Waals surface area (Å²) in [6.45, 7) is 0. The molecule has 0 atom stereocenters. The maximum Gasteiger partial charge on any atom is 0.157 e. The average Bonchev–Trinajstić information content (AvgIpc) is 1.77. The van der Waals surface area contributed by atoms with Gasteiger partial charge in [0.15, 0.2) is 11.5 Å². The molecule has 0 fully saturated rings. The predicted octanol–water partition coefficient (Wildman–Crippen LogP) is 0.717. The van der Waals surface area contributed by atoms with E-state index in [1.165, 1.54) is 12.1 Å². The normalized spacial score (nSPS) is 8.00. The predicted molar refractivity (Wildman–Crippen MR) is 35.5 cm³/mol. The van der Waals surface area contributed by atoms with Crippen LogP contribution >= 0.6 is 0 Å². The first-order valence-electron chi connectivity index (χ1n) is 2.27. The van der Waals surface area contributed by atoms with Gasteiger partial charge in [0.1, 0.15) is 0 Å². The monoisotopic (exact) mass is 117 g/mol. The fourth-order valence-corrected chi connectivity index (χ4v) is 0.464. The first-order chi connectivity index (χ1) is 3.80. The van der Waals surface area contributed by atoms with Gasteiger partial charge in [0.05, 0.1) is 0 Å². The zero-order valence-corrected chi connectivity index (χ0v) is 5.20. The van der Waals surface area contributed by atoms with Gasteiger partial charge in [-0.3, -0.25) is 0 Å². The molecule has 0 saturated carbocycles. The minimum absolute atomic E-state index is 0. The third kappa shape index (κ3) is 2.01. The van der Waals surface area contributed by atoms with E-state index < -0.39 is 0 Å². The molecule has 3 heteroatoms. The van der Waals surface area contributed by atoms with Gasteiger partial charge in [-0.2, -0.15) is 0 Å². The van der Waals surface area contributed by atoms with Crippen molar-refractivity contribution in [2.75, 3.05) is 0 Å². The summed E-state index contributed by atoms with van der Waals surface area (Å²) in [5, 5.41) is 17.3. The van der Waals surface area contributed by atoms with Crippen LogP contribution in [0.25, 0.3) is 0 Å². The zero-order valence-electron chi connectivity index (χ0n) is 5.20. The number of hydrogen-bond donors (Lipinski definition) is 2. The number of benzene rings is 1. The second-order valence-electron chi connectivity index (χ2n) is 1.49. The molecular formula is C6H6LiO2. The van der Waals surface area contributed by atoms with Crippen molar-refractivity contribution in [2.24, 2.45) is 0 Å². The van der Waals surface area contributed by atoms with E-state index in [0.29, 0.717) is 0 Å². The van der Waals surface area contributed by atoms with Gasteiger partial charge in [0.2, 0.25) is 0 Å². The van der Waals surface area contributed by atoms with Crippen LogP contribution in [0, 0.1) is 0 Å². The minimum atomic E-state index is -0.0764. The van der Waals surface area contributed by atoms with Crippen molar-refractivity contribution >= 4 is 18.9 Å². The van der Waals surface area contributed by atoms with Gasteiger partial charge in [-0.1, -0.05) is 12.1 Å². The molecule has 0 aliphatic rings. The smallest absolute Gasteiger partial charge is 0.157 e. The SMILES string of the molecule is Oc1ccccc1O.[Li]. The Bertz CT molecular complexity index is 167. The Labute approximate surface area is 65.3 Å². The molecule has 43 valence electrons. The fraction of sp³-hybridized carbons (Fsp3) is 0. The number of hydrogen-bond acceptors (Lipinski definition) is 2. The summed E-state index contributed by atoms with van der Waals surface area (Å²) in [5.41, 5.74) is 0. The van der Waals surface area contributed by atoms with Crippen LogP contribution in [0.2, 0.25) is 0 Å². The molecule has 0 aliphatic heterocycles. The van der Waals surface area contributed by atoms with Gasteiger partial charge in [0.25, 0.3) is 0 Å². The van der Waals surface area contributed by atoms with E-state index in [2.05, 4.69) is 0 Å². The summed E-state index contributed by atoms with van der Waals surface area (Å²) < 4.78 is 0. The van der Waals surface area contributed by atoms with E-state index in [-0.39, 0.29) is 30.4 Å². The molecular weight excluding hydrogens is 111 g/mol. The number of rotatable bonds is 0. The summed E-state index contributed by atoms with van der Waals surface area (Å²) in [6, 6.07) is 6.15. The van der Waals surface area contributed by atoms with Crippen LogP contribution in [0.3, 0.4) is 0 Å². The van der Waals surface area contributed by atoms with Crippen LogP contribution in [0.5, 0.6) is 11.5 Å². The maximum absolute atomic E-state index is 8.67. The van der Waals surface area contributed by atoms with E-state index in [9.17, 15) is 0 Å². The molecule has 0 aromatic heterocycles. The van der Waals surface area contributed by atoms with Gasteiger partial charge in [-0.25, -0.2) is 0 Å². The van der Waals surface area contributed by atoms with Crippen molar-refractivity contribution < 1.29 is 10.2 Å². The first-order valence-corrected chi connectivity index (χ1v) is 2.27. The molecule has 0 aliphatic carbocycles. The minimum Gasteiger partial charge on any atom is -0.504 e. The average molecular weight is 117 g/mol. The number of aromatic hydroxyl groups is 2. The maximum atomic E-state index is 8.67. The van der Waals surface area contributed by atoms with Gasteiger partial charge >= 0.3 is 0 Å². The Morgan fingerprint density at radius 2 is 1.22 bits per heavy atom. The fourth-order valence-electron chi connectivity index (χ4n) is 0.464. The van der Waals surface area contributed by atoms with Crippen molar-refractivity contribution in [3.63, 3.8) is 0 Å². The van der Waals surface area contributed by atoms with Gasteiger partial charge < -0.3 is 10.2 Å². The first kappa shape index (κ1) is 8.42. The Hall–Kier alpha value is -0.583. The van der Waals surface area contributed by atoms with Crippen LogP contribution in [0.15, 0.2) is 24.3 Å². The zero-order chi connectivity index (χ0) is 5.98. The molecule has 1 radical (unpaired) electrons. The molecule has 9 heavy (non-hydrogen) atoms. The molecule has 1 rings (SSSR count). The van der Waals surface area contributed by atoms with Crippen molar-refractivity contribution in [2.45, 2.75) is 0 Å². The Kier molecular flexibility index (Phi) is 3.22. The second kappa shape index (κ2) is 3.44. The van der Waals surface area contributed by atoms with Crippen LogP contribution < -0.4 is 0 Å². The molecule has 2 nitrogen and oxygen atoms in total. The molecule has 0 spiro atoms. The molecule has 2 N–H and O–H groups in total. The van der Waals surface area contributed by atoms with Gasteiger partial charge in [0, 0.05) is 18.9 Å². The molecule has 1 aromatic rings. The Morgan fingerprint density at radius 3 is 1.44 bits per heavy atom. The molecule has 0 amide bonds. The van der Waals surface area contributed by atoms with Crippen molar-refractivity contribution in [3.8, 4) is 11.5 Å². The third-order valence-electron chi connectivity index (χ3n) is 0.882. The number of phenols is 2. The third-order valence-corrected chi connectivity index (χ3v) is 0.882. The van der Waals surface area contributed by atoms with Gasteiger partial charge in [-0.05, 0) is 12.1 Å². The summed E-state index contributed by atoms with van der Waals surface area (Å²) in [7, 11) is 0. The van der Waals surface area contributed by atoms with Crippen LogP contribution in [0.4, 0.5) is 0 Å². The summed E-state index contributed by atoms with van der Waals surface area (Å²) in [4.78, 5) is 0. The van der Waals surface area contributed by atoms with Gasteiger partial charge in [-0.15, -0.1) is 0 Å². The van der Waals surface area contributed by atoms with E-state index in [4.69, 9.17) is 10.2 Å². The quantitative estimate of drug-likeness (QED) is 0.388. The van der Waals surface area contributed by atoms with Crippen LogP contribution in [-0.4, -0.2) is 29.1 Å². The van der Waals surface area contributed by atoms with Crippen LogP contribution in [0.1, 0.15) is 0 Å². The molecule has 0 heterocycles. The van der Waals surface area contributed by atoms with E-state index in [1.807, 2.05) is 0 Å². The second-order valence-corrected chi connectivity index (χ2v) is 1.49. The topological polar surface area (TPSA) is 40.5 Å². The standard InChI is InChI=1S/C6H6O2.Li/c7-5-3-1-2-4-6(5)8;/h1-4,7-8H;. The molecule has 0 saturated heterocycles. The Balaban J connectivity index is 0.000000640. The molecule has 0 bridgehead atoms. The summed E-state index contributed by atoms with van der Waals surface area (Å²) >= 11 is 0. The summed E-state index contributed by atoms with van der Waals surface area (Å²) in [5.74, 6) is -0.153. The molecule has 0 unspecified atom stereocenters. The van der Waals surface area contributed by atoms with E-state index >= 15 is 0 Å². The van der Waals surface area contributed by atoms with E-state index in [1.54, 1.807) is 12.1 Å². The van der Waals surface area contributed by atoms with E-state index in [0.717, 1.165) is 0 Å². The number of phenolic OH excluding ortho intramolecular Hbond substituents is 2. The van der Waals surface area contributed by atoms with Crippen molar-refractivity contribution in [1.29, 1.82) is 0 Å². The van der Waals surface area contributed by atoms with Crippen molar-refractivity contribution in [1.82, 2.24) is 0 Å². The Morgan fingerprint density at radius 1 is 0.889 bits per heavy atom.